The monoisotopic (exact) mass is 443 g/mol. The van der Waals surface area contributed by atoms with E-state index in [4.69, 9.17) is 4.74 Å². The Balaban J connectivity index is 2.16. The van der Waals surface area contributed by atoms with Crippen LogP contribution in [0.15, 0.2) is 74.7 Å². The summed E-state index contributed by atoms with van der Waals surface area (Å²) in [5.41, 5.74) is 2.70. The van der Waals surface area contributed by atoms with Crippen molar-refractivity contribution in [3.05, 3.63) is 75.4 Å². The molecule has 27 heavy (non-hydrogen) atoms. The van der Waals surface area contributed by atoms with Crippen molar-refractivity contribution in [1.29, 1.82) is 0 Å². The van der Waals surface area contributed by atoms with Gasteiger partial charge in [-0.2, -0.15) is 0 Å². The molecule has 0 atom stereocenters. The minimum atomic E-state index is -0.525. The zero-order valence-corrected chi connectivity index (χ0v) is 17.6. The fourth-order valence-electron chi connectivity index (χ4n) is 2.99. The number of methoxy groups -OCH3 is 1. The van der Waals surface area contributed by atoms with Crippen molar-refractivity contribution in [3.8, 4) is 0 Å². The highest BCUT2D eigenvalue weighted by molar-refractivity contribution is 9.10. The molecule has 0 unspecified atom stereocenters. The number of hydrogen-bond acceptors (Lipinski definition) is 4. The summed E-state index contributed by atoms with van der Waals surface area (Å²) in [7, 11) is 1.32. The number of anilines is 1. The number of benzene rings is 2. The first-order valence-electron chi connectivity index (χ1n) is 8.22. The van der Waals surface area contributed by atoms with Crippen LogP contribution in [0.5, 0.6) is 0 Å². The number of carbonyl (C=O) groups excluding carboxylic acids is 2. The van der Waals surface area contributed by atoms with Crippen LogP contribution in [0, 0.1) is 0 Å². The third-order valence-corrected chi connectivity index (χ3v) is 5.75. The Morgan fingerprint density at radius 2 is 1.93 bits per heavy atom. The van der Waals surface area contributed by atoms with Gasteiger partial charge >= 0.3 is 5.97 Å². The molecule has 1 heterocycles. The molecule has 2 aromatic carbocycles. The summed E-state index contributed by atoms with van der Waals surface area (Å²) in [6.07, 6.45) is 3.70. The van der Waals surface area contributed by atoms with Crippen LogP contribution >= 0.6 is 27.7 Å². The number of thioether (sulfide) groups is 1. The lowest BCUT2D eigenvalue weighted by Crippen LogP contribution is -2.24. The van der Waals surface area contributed by atoms with Crippen molar-refractivity contribution in [1.82, 2.24) is 0 Å². The minimum Gasteiger partial charge on any atom is -0.465 e. The molecule has 1 aliphatic heterocycles. The summed E-state index contributed by atoms with van der Waals surface area (Å²) in [6.45, 7) is 1.76. The summed E-state index contributed by atoms with van der Waals surface area (Å²) in [6, 6.07) is 15.2. The van der Waals surface area contributed by atoms with Crippen LogP contribution in [0.3, 0.4) is 0 Å². The van der Waals surface area contributed by atoms with E-state index in [-0.39, 0.29) is 11.5 Å². The summed E-state index contributed by atoms with van der Waals surface area (Å²) in [5.74, 6) is -0.774. The van der Waals surface area contributed by atoms with E-state index in [0.717, 1.165) is 20.6 Å². The number of nitrogens with zero attached hydrogens (tertiary/aromatic N) is 1. The second-order valence-electron chi connectivity index (χ2n) is 5.87. The van der Waals surface area contributed by atoms with E-state index in [0.29, 0.717) is 11.3 Å². The van der Waals surface area contributed by atoms with Gasteiger partial charge in [0.25, 0.3) is 5.91 Å². The fraction of sp³-hybridized carbons (Fsp3) is 0.143. The highest BCUT2D eigenvalue weighted by Gasteiger charge is 2.38. The van der Waals surface area contributed by atoms with Crippen molar-refractivity contribution in [2.75, 3.05) is 18.3 Å². The van der Waals surface area contributed by atoms with Crippen LogP contribution in [0.25, 0.3) is 6.08 Å². The zero-order chi connectivity index (χ0) is 19.6. The van der Waals surface area contributed by atoms with Crippen LogP contribution in [0.4, 0.5) is 5.69 Å². The first-order chi connectivity index (χ1) is 13.0. The molecule has 0 fully saturated rings. The van der Waals surface area contributed by atoms with Gasteiger partial charge in [0.1, 0.15) is 0 Å². The predicted molar refractivity (Wildman–Crippen MR) is 113 cm³/mol. The van der Waals surface area contributed by atoms with Crippen LogP contribution in [0.1, 0.15) is 12.5 Å². The van der Waals surface area contributed by atoms with Crippen molar-refractivity contribution in [2.24, 2.45) is 0 Å². The number of esters is 1. The maximum absolute atomic E-state index is 13.2. The molecule has 2 aromatic rings. The molecule has 3 rings (SSSR count). The smallest absolute Gasteiger partial charge is 0.340 e. The van der Waals surface area contributed by atoms with Gasteiger partial charge in [-0.1, -0.05) is 40.2 Å². The molecule has 0 aliphatic carbocycles. The Bertz CT molecular complexity index is 981. The Labute approximate surface area is 171 Å². The summed E-state index contributed by atoms with van der Waals surface area (Å²) in [4.78, 5) is 28.3. The molecular weight excluding hydrogens is 426 g/mol. The highest BCUT2D eigenvalue weighted by atomic mass is 79.9. The van der Waals surface area contributed by atoms with Gasteiger partial charge < -0.3 is 4.74 Å². The summed E-state index contributed by atoms with van der Waals surface area (Å²) >= 11 is 5.08. The lowest BCUT2D eigenvalue weighted by Gasteiger charge is -2.18. The van der Waals surface area contributed by atoms with Crippen molar-refractivity contribution in [2.45, 2.75) is 11.8 Å². The molecule has 0 bridgehead atoms. The molecule has 0 saturated carbocycles. The Kier molecular flexibility index (Phi) is 5.87. The number of rotatable bonds is 4. The molecule has 0 N–H and O–H groups in total. The first kappa shape index (κ1) is 19.5. The van der Waals surface area contributed by atoms with E-state index in [1.54, 1.807) is 29.7 Å². The second kappa shape index (κ2) is 8.15. The van der Waals surface area contributed by atoms with E-state index in [1.165, 1.54) is 7.11 Å². The first-order valence-corrected chi connectivity index (χ1v) is 10.2. The van der Waals surface area contributed by atoms with Crippen molar-refractivity contribution >= 4 is 51.3 Å². The fourth-order valence-corrected chi connectivity index (χ4v) is 3.84. The summed E-state index contributed by atoms with van der Waals surface area (Å²) < 4.78 is 5.79. The third kappa shape index (κ3) is 3.73. The second-order valence-corrected chi connectivity index (χ2v) is 7.61. The Morgan fingerprint density at radius 1 is 1.19 bits per heavy atom. The molecule has 0 saturated heterocycles. The SMILES string of the molecule is COC(=O)C1=C(C)N(c2cccc(SC)c2)C(=O)/C1=C\c1ccccc1Br. The average molecular weight is 444 g/mol. The average Bonchev–Trinajstić information content (AvgIpc) is 2.93. The standard InChI is InChI=1S/C21H18BrNO3S/c1-13-19(21(25)26-2)17(11-14-7-4-5-10-18(14)22)20(24)23(13)15-8-6-9-16(12-15)27-3/h4-12H,1-3H3/b17-11-. The maximum Gasteiger partial charge on any atom is 0.340 e. The number of ether oxygens (including phenoxy) is 1. The van der Waals surface area contributed by atoms with Gasteiger partial charge in [0.05, 0.1) is 23.9 Å². The molecule has 4 nitrogen and oxygen atoms in total. The van der Waals surface area contributed by atoms with Gasteiger partial charge in [0, 0.05) is 15.1 Å². The van der Waals surface area contributed by atoms with Crippen LogP contribution < -0.4 is 4.90 Å². The normalized spacial score (nSPS) is 15.6. The van der Waals surface area contributed by atoms with E-state index in [1.807, 2.05) is 54.8 Å². The van der Waals surface area contributed by atoms with E-state index >= 15 is 0 Å². The molecule has 0 aromatic heterocycles. The largest absolute Gasteiger partial charge is 0.465 e. The number of hydrogen-bond donors (Lipinski definition) is 0. The topological polar surface area (TPSA) is 46.6 Å². The van der Waals surface area contributed by atoms with Crippen LogP contribution in [0.2, 0.25) is 0 Å². The Morgan fingerprint density at radius 3 is 2.59 bits per heavy atom. The zero-order valence-electron chi connectivity index (χ0n) is 15.2. The van der Waals surface area contributed by atoms with E-state index in [9.17, 15) is 9.59 Å². The van der Waals surface area contributed by atoms with Gasteiger partial charge in [-0.3, -0.25) is 9.69 Å². The number of allylic oxidation sites excluding steroid dienone is 1. The number of carbonyl (C=O) groups is 2. The number of halogens is 1. The lowest BCUT2D eigenvalue weighted by molar-refractivity contribution is -0.136. The molecule has 1 amide bonds. The van der Waals surface area contributed by atoms with Crippen LogP contribution in [-0.2, 0) is 14.3 Å². The predicted octanol–water partition coefficient (Wildman–Crippen LogP) is 5.05. The minimum absolute atomic E-state index is 0.248. The van der Waals surface area contributed by atoms with Crippen molar-refractivity contribution < 1.29 is 14.3 Å². The third-order valence-electron chi connectivity index (χ3n) is 4.31. The molecular formula is C21H18BrNO3S. The van der Waals surface area contributed by atoms with Gasteiger partial charge in [-0.15, -0.1) is 11.8 Å². The molecule has 1 aliphatic rings. The Hall–Kier alpha value is -2.31. The van der Waals surface area contributed by atoms with Gasteiger partial charge in [0.2, 0.25) is 0 Å². The molecule has 0 spiro atoms. The maximum atomic E-state index is 13.2. The van der Waals surface area contributed by atoms with Gasteiger partial charge in [-0.25, -0.2) is 4.79 Å². The lowest BCUT2D eigenvalue weighted by atomic mass is 10.0. The highest BCUT2D eigenvalue weighted by Crippen LogP contribution is 2.37. The van der Waals surface area contributed by atoms with E-state index < -0.39 is 5.97 Å². The quantitative estimate of drug-likeness (QED) is 0.376. The number of amides is 1. The van der Waals surface area contributed by atoms with Crippen LogP contribution in [-0.4, -0.2) is 25.2 Å². The van der Waals surface area contributed by atoms with Gasteiger partial charge in [0.15, 0.2) is 0 Å². The summed E-state index contributed by atoms with van der Waals surface area (Å²) in [5, 5.41) is 0. The molecule has 6 heteroatoms. The molecule has 138 valence electrons. The van der Waals surface area contributed by atoms with Crippen molar-refractivity contribution in [3.63, 3.8) is 0 Å². The van der Waals surface area contributed by atoms with Gasteiger partial charge in [-0.05, 0) is 49.1 Å². The molecule has 0 radical (unpaired) electrons. The van der Waals surface area contributed by atoms with E-state index in [2.05, 4.69) is 15.9 Å².